The lowest BCUT2D eigenvalue weighted by atomic mass is 9.58. The molecule has 18 heavy (non-hydrogen) atoms. The molecule has 0 bridgehead atoms. The molecule has 0 fully saturated rings. The maximum absolute atomic E-state index is 2.48. The predicted molar refractivity (Wildman–Crippen MR) is 84.7 cm³/mol. The monoisotopic (exact) mass is 253 g/mol. The number of rotatable bonds is 10. The molecule has 0 aromatic carbocycles. The van der Waals surface area contributed by atoms with Crippen molar-refractivity contribution in [2.45, 2.75) is 93.4 Å². The molecule has 109 valence electrons. The third kappa shape index (κ3) is 4.28. The van der Waals surface area contributed by atoms with E-state index in [1.165, 1.54) is 44.9 Å². The van der Waals surface area contributed by atoms with Crippen LogP contribution < -0.4 is 0 Å². The van der Waals surface area contributed by atoms with Gasteiger partial charge in [-0.3, -0.25) is 0 Å². The highest BCUT2D eigenvalue weighted by atomic mass is 14.5. The number of hydrogen-bond acceptors (Lipinski definition) is 0. The highest BCUT2D eigenvalue weighted by molar-refractivity contribution is 5.10. The Kier molecular flexibility index (Phi) is 8.99. The van der Waals surface area contributed by atoms with Crippen molar-refractivity contribution >= 4 is 0 Å². The predicted octanol–water partition coefficient (Wildman–Crippen LogP) is 6.65. The van der Waals surface area contributed by atoms with Crippen LogP contribution in [0.1, 0.15) is 93.4 Å². The van der Waals surface area contributed by atoms with Gasteiger partial charge in [0.15, 0.2) is 0 Å². The van der Waals surface area contributed by atoms with E-state index in [0.717, 1.165) is 11.8 Å². The Morgan fingerprint density at radius 3 is 1.89 bits per heavy atom. The van der Waals surface area contributed by atoms with Gasteiger partial charge in [0.05, 0.1) is 0 Å². The van der Waals surface area contributed by atoms with Crippen LogP contribution in [0.4, 0.5) is 0 Å². The summed E-state index contributed by atoms with van der Waals surface area (Å²) in [5, 5.41) is 0. The molecule has 0 saturated heterocycles. The molecule has 1 radical (unpaired) electrons. The molecule has 0 nitrogen and oxygen atoms in total. The second kappa shape index (κ2) is 8.99. The van der Waals surface area contributed by atoms with Crippen LogP contribution in [0.15, 0.2) is 0 Å². The van der Waals surface area contributed by atoms with Crippen LogP contribution in [0.25, 0.3) is 0 Å². The molecule has 0 heterocycles. The normalized spacial score (nSPS) is 17.2. The summed E-state index contributed by atoms with van der Waals surface area (Å²) in [5.74, 6) is 3.44. The van der Waals surface area contributed by atoms with E-state index in [4.69, 9.17) is 0 Å². The molecule has 0 heteroatoms. The van der Waals surface area contributed by atoms with Crippen molar-refractivity contribution in [1.82, 2.24) is 0 Å². The fourth-order valence-corrected chi connectivity index (χ4v) is 3.79. The van der Waals surface area contributed by atoms with E-state index < -0.39 is 0 Å². The van der Waals surface area contributed by atoms with Gasteiger partial charge in [-0.25, -0.2) is 0 Å². The fraction of sp³-hybridized carbons (Fsp3) is 0.944. The second-order valence-electron chi connectivity index (χ2n) is 6.35. The van der Waals surface area contributed by atoms with E-state index in [1.807, 2.05) is 5.92 Å². The first kappa shape index (κ1) is 18.0. The molecule has 0 aromatic rings. The molecule has 0 aliphatic heterocycles. The molecule has 0 saturated carbocycles. The summed E-state index contributed by atoms with van der Waals surface area (Å²) in [6, 6.07) is 0. The van der Waals surface area contributed by atoms with Crippen molar-refractivity contribution in [3.05, 3.63) is 5.92 Å². The Labute approximate surface area is 117 Å². The topological polar surface area (TPSA) is 0 Å². The summed E-state index contributed by atoms with van der Waals surface area (Å²) in [7, 11) is 0. The first-order chi connectivity index (χ1) is 8.49. The summed E-state index contributed by atoms with van der Waals surface area (Å²) in [4.78, 5) is 0. The van der Waals surface area contributed by atoms with Crippen LogP contribution >= 0.6 is 0 Å². The van der Waals surface area contributed by atoms with Gasteiger partial charge in [0.1, 0.15) is 0 Å². The second-order valence-corrected chi connectivity index (χ2v) is 6.35. The number of unbranched alkanes of at least 4 members (excludes halogenated alkanes) is 1. The summed E-state index contributed by atoms with van der Waals surface area (Å²) in [6.07, 6.45) is 9.39. The Morgan fingerprint density at radius 1 is 0.944 bits per heavy atom. The molecule has 0 aromatic heterocycles. The third-order valence-electron chi connectivity index (χ3n) is 5.02. The van der Waals surface area contributed by atoms with Gasteiger partial charge < -0.3 is 0 Å². The standard InChI is InChI=1S/C18H37/c1-8-12-13-17(15(5)6)18(11-4,14-9-2)16(7)10-3/h15-16H,8-14H2,1-7H3. The molecule has 0 spiro atoms. The van der Waals surface area contributed by atoms with Crippen molar-refractivity contribution in [2.75, 3.05) is 0 Å². The van der Waals surface area contributed by atoms with Gasteiger partial charge in [-0.2, -0.15) is 0 Å². The lowest BCUT2D eigenvalue weighted by molar-refractivity contribution is 0.129. The van der Waals surface area contributed by atoms with Crippen LogP contribution in [0.3, 0.4) is 0 Å². The molecule has 0 N–H and O–H groups in total. The first-order valence-corrected chi connectivity index (χ1v) is 8.36. The van der Waals surface area contributed by atoms with Crippen molar-refractivity contribution in [3.8, 4) is 0 Å². The van der Waals surface area contributed by atoms with Crippen molar-refractivity contribution in [1.29, 1.82) is 0 Å². The maximum atomic E-state index is 2.48. The Bertz CT molecular complexity index is 194. The minimum atomic E-state index is 0.507. The Balaban J connectivity index is 5.17. The smallest absolute Gasteiger partial charge is 0.0151 e. The lowest BCUT2D eigenvalue weighted by Gasteiger charge is -2.47. The first-order valence-electron chi connectivity index (χ1n) is 8.36. The highest BCUT2D eigenvalue weighted by Crippen LogP contribution is 2.51. The summed E-state index contributed by atoms with van der Waals surface area (Å²) >= 11 is 0. The zero-order chi connectivity index (χ0) is 14.2. The van der Waals surface area contributed by atoms with Gasteiger partial charge in [0.25, 0.3) is 0 Å². The van der Waals surface area contributed by atoms with E-state index in [-0.39, 0.29) is 0 Å². The van der Waals surface area contributed by atoms with E-state index in [9.17, 15) is 0 Å². The SMILES string of the molecule is CCCC[C](C(C)C)C(CC)(CCC)C(C)CC. The van der Waals surface area contributed by atoms with Crippen molar-refractivity contribution < 1.29 is 0 Å². The molecular weight excluding hydrogens is 216 g/mol. The molecule has 0 aliphatic carbocycles. The van der Waals surface area contributed by atoms with Gasteiger partial charge in [-0.05, 0) is 42.4 Å². The van der Waals surface area contributed by atoms with Crippen molar-refractivity contribution in [3.63, 3.8) is 0 Å². The van der Waals surface area contributed by atoms with Crippen LogP contribution in [0, 0.1) is 23.2 Å². The van der Waals surface area contributed by atoms with E-state index in [2.05, 4.69) is 48.5 Å². The van der Waals surface area contributed by atoms with Gasteiger partial charge in [-0.15, -0.1) is 0 Å². The summed E-state index contributed by atoms with van der Waals surface area (Å²) < 4.78 is 0. The van der Waals surface area contributed by atoms with Crippen molar-refractivity contribution in [2.24, 2.45) is 17.3 Å². The third-order valence-corrected chi connectivity index (χ3v) is 5.02. The zero-order valence-corrected chi connectivity index (χ0v) is 14.1. The largest absolute Gasteiger partial charge is 0.0654 e. The molecular formula is C18H37. The van der Waals surface area contributed by atoms with Gasteiger partial charge in [0.2, 0.25) is 0 Å². The summed E-state index contributed by atoms with van der Waals surface area (Å²) in [6.45, 7) is 16.7. The van der Waals surface area contributed by atoms with Gasteiger partial charge >= 0.3 is 0 Å². The average Bonchev–Trinajstić information content (AvgIpc) is 2.36. The minimum absolute atomic E-state index is 0.507. The zero-order valence-electron chi connectivity index (χ0n) is 14.1. The summed E-state index contributed by atoms with van der Waals surface area (Å²) in [5.41, 5.74) is 0.507. The highest BCUT2D eigenvalue weighted by Gasteiger charge is 2.41. The quantitative estimate of drug-likeness (QED) is 0.409. The van der Waals surface area contributed by atoms with E-state index in [0.29, 0.717) is 5.41 Å². The van der Waals surface area contributed by atoms with Crippen LogP contribution in [-0.2, 0) is 0 Å². The van der Waals surface area contributed by atoms with Crippen LogP contribution in [0.5, 0.6) is 0 Å². The molecule has 0 amide bonds. The Morgan fingerprint density at radius 2 is 1.56 bits per heavy atom. The lowest BCUT2D eigenvalue weighted by Crippen LogP contribution is -2.37. The average molecular weight is 253 g/mol. The molecule has 0 aliphatic rings. The Hall–Kier alpha value is 0. The van der Waals surface area contributed by atoms with Crippen LogP contribution in [-0.4, -0.2) is 0 Å². The number of hydrogen-bond donors (Lipinski definition) is 0. The fourth-order valence-electron chi connectivity index (χ4n) is 3.79. The van der Waals surface area contributed by atoms with Gasteiger partial charge in [-0.1, -0.05) is 74.1 Å². The van der Waals surface area contributed by atoms with E-state index in [1.54, 1.807) is 0 Å². The van der Waals surface area contributed by atoms with Crippen LogP contribution in [0.2, 0.25) is 0 Å². The van der Waals surface area contributed by atoms with E-state index >= 15 is 0 Å². The van der Waals surface area contributed by atoms with Gasteiger partial charge in [0, 0.05) is 0 Å². The minimum Gasteiger partial charge on any atom is -0.0654 e. The maximum Gasteiger partial charge on any atom is -0.0151 e. The molecule has 2 unspecified atom stereocenters. The molecule has 0 rings (SSSR count). The molecule has 2 atom stereocenters.